The van der Waals surface area contributed by atoms with Crippen LogP contribution >= 0.6 is 0 Å². The van der Waals surface area contributed by atoms with Crippen LogP contribution in [0.3, 0.4) is 0 Å². The lowest BCUT2D eigenvalue weighted by Crippen LogP contribution is -2.20. The monoisotopic (exact) mass is 366 g/mol. The number of aromatic nitrogens is 2. The Balaban J connectivity index is 1.72. The minimum Gasteiger partial charge on any atom is -0.267 e. The van der Waals surface area contributed by atoms with Crippen LogP contribution in [0.1, 0.15) is 22.8 Å². The van der Waals surface area contributed by atoms with Crippen LogP contribution in [-0.2, 0) is 0 Å². The van der Waals surface area contributed by atoms with E-state index in [1.807, 2.05) is 79.7 Å². The molecule has 0 unspecified atom stereocenters. The summed E-state index contributed by atoms with van der Waals surface area (Å²) in [5, 5.41) is 5.04. The van der Waals surface area contributed by atoms with E-state index >= 15 is 0 Å². The molecule has 136 valence electrons. The highest BCUT2D eigenvalue weighted by Gasteiger charge is 2.13. The highest BCUT2D eigenvalue weighted by Crippen LogP contribution is 2.24. The zero-order chi connectivity index (χ0) is 19.3. The molecule has 1 amide bonds. The van der Waals surface area contributed by atoms with E-state index in [0.29, 0.717) is 11.3 Å². The summed E-state index contributed by atoms with van der Waals surface area (Å²) in [7, 11) is 0. The number of hydrogen-bond donors (Lipinski definition) is 1. The number of carbonyl (C=O) groups excluding carboxylic acids is 1. The van der Waals surface area contributed by atoms with Gasteiger partial charge in [0, 0.05) is 28.9 Å². The molecule has 0 radical (unpaired) electrons. The van der Waals surface area contributed by atoms with Crippen molar-refractivity contribution in [2.24, 2.45) is 5.10 Å². The number of fused-ring (bicyclic) bond motifs is 1. The second kappa shape index (κ2) is 7.80. The Morgan fingerprint density at radius 3 is 2.43 bits per heavy atom. The fourth-order valence-electron chi connectivity index (χ4n) is 2.97. The van der Waals surface area contributed by atoms with E-state index in [1.165, 1.54) is 0 Å². The lowest BCUT2D eigenvalue weighted by atomic mass is 10.0. The van der Waals surface area contributed by atoms with Crippen molar-refractivity contribution in [3.63, 3.8) is 0 Å². The summed E-state index contributed by atoms with van der Waals surface area (Å²) in [4.78, 5) is 21.6. The first kappa shape index (κ1) is 17.5. The van der Waals surface area contributed by atoms with Crippen molar-refractivity contribution in [3.8, 4) is 11.3 Å². The third-order valence-corrected chi connectivity index (χ3v) is 4.45. The van der Waals surface area contributed by atoms with Crippen molar-refractivity contribution in [2.45, 2.75) is 6.92 Å². The number of pyridine rings is 2. The van der Waals surface area contributed by atoms with Crippen LogP contribution in [-0.4, -0.2) is 21.6 Å². The maximum Gasteiger partial charge on any atom is 0.272 e. The smallest absolute Gasteiger partial charge is 0.267 e. The van der Waals surface area contributed by atoms with Crippen LogP contribution in [0.15, 0.2) is 90.3 Å². The summed E-state index contributed by atoms with van der Waals surface area (Å²) in [5.74, 6) is -0.274. The van der Waals surface area contributed by atoms with E-state index in [1.54, 1.807) is 12.4 Å². The standard InChI is InChI=1S/C23H18N4O/c1-16(17-11-13-24-14-12-17)26-27-23(28)20-15-22(18-7-3-2-4-8-18)25-21-10-6-5-9-19(20)21/h2-15H,1H3,(H,27,28)/b26-16+. The molecule has 0 atom stereocenters. The molecule has 28 heavy (non-hydrogen) atoms. The molecule has 4 rings (SSSR count). The minimum atomic E-state index is -0.274. The predicted molar refractivity (Wildman–Crippen MR) is 111 cm³/mol. The van der Waals surface area contributed by atoms with Gasteiger partial charge in [-0.15, -0.1) is 0 Å². The number of nitrogens with zero attached hydrogens (tertiary/aromatic N) is 3. The maximum absolute atomic E-state index is 12.9. The van der Waals surface area contributed by atoms with Gasteiger partial charge in [0.1, 0.15) is 0 Å². The number of hydrazone groups is 1. The largest absolute Gasteiger partial charge is 0.272 e. The number of amides is 1. The Morgan fingerprint density at radius 1 is 0.929 bits per heavy atom. The quantitative estimate of drug-likeness (QED) is 0.429. The van der Waals surface area contributed by atoms with Crippen molar-refractivity contribution >= 4 is 22.5 Å². The first-order chi connectivity index (χ1) is 13.7. The molecule has 2 heterocycles. The summed E-state index contributed by atoms with van der Waals surface area (Å²) in [5.41, 5.74) is 7.29. The van der Waals surface area contributed by atoms with Gasteiger partial charge in [-0.3, -0.25) is 9.78 Å². The van der Waals surface area contributed by atoms with E-state index in [2.05, 4.69) is 15.5 Å². The van der Waals surface area contributed by atoms with Gasteiger partial charge in [0.25, 0.3) is 5.91 Å². The van der Waals surface area contributed by atoms with E-state index in [0.717, 1.165) is 27.7 Å². The molecule has 2 aromatic carbocycles. The van der Waals surface area contributed by atoms with Crippen LogP contribution in [0.5, 0.6) is 0 Å². The Kier molecular flexibility index (Phi) is 4.89. The van der Waals surface area contributed by atoms with Gasteiger partial charge in [-0.2, -0.15) is 5.10 Å². The maximum atomic E-state index is 12.9. The zero-order valence-electron chi connectivity index (χ0n) is 15.3. The van der Waals surface area contributed by atoms with E-state index in [-0.39, 0.29) is 5.91 Å². The number of para-hydroxylation sites is 1. The topological polar surface area (TPSA) is 67.2 Å². The average Bonchev–Trinajstić information content (AvgIpc) is 2.77. The van der Waals surface area contributed by atoms with Gasteiger partial charge in [0.15, 0.2) is 0 Å². The number of hydrogen-bond acceptors (Lipinski definition) is 4. The molecule has 0 saturated carbocycles. The highest BCUT2D eigenvalue weighted by atomic mass is 16.2. The summed E-state index contributed by atoms with van der Waals surface area (Å²) in [6.07, 6.45) is 3.39. The van der Waals surface area contributed by atoms with E-state index in [9.17, 15) is 4.79 Å². The van der Waals surface area contributed by atoms with Gasteiger partial charge < -0.3 is 0 Å². The molecule has 1 N–H and O–H groups in total. The fraction of sp³-hybridized carbons (Fsp3) is 0.0435. The van der Waals surface area contributed by atoms with E-state index in [4.69, 9.17) is 4.98 Å². The molecule has 0 bridgehead atoms. The second-order valence-electron chi connectivity index (χ2n) is 6.31. The van der Waals surface area contributed by atoms with Crippen molar-refractivity contribution in [1.29, 1.82) is 0 Å². The van der Waals surface area contributed by atoms with Crippen LogP contribution in [0.25, 0.3) is 22.2 Å². The lowest BCUT2D eigenvalue weighted by molar-refractivity contribution is 0.0956. The van der Waals surface area contributed by atoms with E-state index < -0.39 is 0 Å². The predicted octanol–water partition coefficient (Wildman–Crippen LogP) is 4.45. The van der Waals surface area contributed by atoms with Crippen molar-refractivity contribution in [1.82, 2.24) is 15.4 Å². The molecule has 5 heteroatoms. The van der Waals surface area contributed by atoms with Crippen LogP contribution in [0.2, 0.25) is 0 Å². The Bertz CT molecular complexity index is 1160. The van der Waals surface area contributed by atoms with Gasteiger partial charge in [0.2, 0.25) is 0 Å². The van der Waals surface area contributed by atoms with Gasteiger partial charge in [-0.25, -0.2) is 10.4 Å². The Labute approximate surface area is 162 Å². The summed E-state index contributed by atoms with van der Waals surface area (Å²) >= 11 is 0. The van der Waals surface area contributed by atoms with Crippen LogP contribution < -0.4 is 5.43 Å². The summed E-state index contributed by atoms with van der Waals surface area (Å²) < 4.78 is 0. The van der Waals surface area contributed by atoms with Crippen molar-refractivity contribution in [3.05, 3.63) is 96.3 Å². The third-order valence-electron chi connectivity index (χ3n) is 4.45. The molecule has 2 aromatic heterocycles. The Hall–Kier alpha value is -3.86. The van der Waals surface area contributed by atoms with Crippen molar-refractivity contribution in [2.75, 3.05) is 0 Å². The number of carbonyl (C=O) groups is 1. The average molecular weight is 366 g/mol. The van der Waals surface area contributed by atoms with Crippen LogP contribution in [0, 0.1) is 0 Å². The van der Waals surface area contributed by atoms with Gasteiger partial charge in [0.05, 0.1) is 22.5 Å². The molecular weight excluding hydrogens is 348 g/mol. The molecule has 0 aliphatic heterocycles. The first-order valence-corrected chi connectivity index (χ1v) is 8.92. The summed E-state index contributed by atoms with van der Waals surface area (Å²) in [6.45, 7) is 1.84. The number of rotatable bonds is 4. The minimum absolute atomic E-state index is 0.274. The van der Waals surface area contributed by atoms with Gasteiger partial charge in [-0.05, 0) is 31.2 Å². The normalized spacial score (nSPS) is 11.4. The molecule has 4 aromatic rings. The zero-order valence-corrected chi connectivity index (χ0v) is 15.3. The van der Waals surface area contributed by atoms with Crippen LogP contribution in [0.4, 0.5) is 0 Å². The summed E-state index contributed by atoms with van der Waals surface area (Å²) in [6, 6.07) is 22.9. The molecule has 0 spiro atoms. The SMILES string of the molecule is C/C(=N\NC(=O)c1cc(-c2ccccc2)nc2ccccc12)c1ccncc1. The molecule has 0 saturated heterocycles. The lowest BCUT2D eigenvalue weighted by Gasteiger charge is -2.09. The molecule has 0 aliphatic rings. The fourth-order valence-corrected chi connectivity index (χ4v) is 2.97. The van der Waals surface area contributed by atoms with Crippen molar-refractivity contribution < 1.29 is 4.79 Å². The highest BCUT2D eigenvalue weighted by molar-refractivity contribution is 6.08. The van der Waals surface area contributed by atoms with Gasteiger partial charge >= 0.3 is 0 Å². The molecule has 5 nitrogen and oxygen atoms in total. The molecule has 0 fully saturated rings. The van der Waals surface area contributed by atoms with Gasteiger partial charge in [-0.1, -0.05) is 48.5 Å². The second-order valence-corrected chi connectivity index (χ2v) is 6.31. The Morgan fingerprint density at radius 2 is 1.64 bits per heavy atom. The molecular formula is C23H18N4O. The third kappa shape index (κ3) is 3.64. The first-order valence-electron chi connectivity index (χ1n) is 8.92. The molecule has 0 aliphatic carbocycles. The number of nitrogens with one attached hydrogen (secondary N) is 1. The number of benzene rings is 2.